The Morgan fingerprint density at radius 2 is 0.622 bits per heavy atom. The van der Waals surface area contributed by atoms with Gasteiger partial charge >= 0.3 is 17.9 Å². The van der Waals surface area contributed by atoms with E-state index in [9.17, 15) is 29.7 Å². The summed E-state index contributed by atoms with van der Waals surface area (Å²) in [5.41, 5.74) is 0.800. The highest BCUT2D eigenvalue weighted by Crippen LogP contribution is 2.34. The van der Waals surface area contributed by atoms with Crippen LogP contribution in [-0.4, -0.2) is 33.2 Å². The van der Waals surface area contributed by atoms with Crippen LogP contribution in [-0.2, 0) is 19.3 Å². The molecule has 0 amide bonds. The predicted octanol–water partition coefficient (Wildman–Crippen LogP) is 11.4. The molecule has 0 unspecified atom stereocenters. The standard InChI is InChI=1S/C39H66O6/c1-28(2)22-16-10-7-13-19-25-31-32(26-20-14-8-11-17-23-29(3)4)34(37(40)41)36(39(44)45)35(38(42)43)33(31)27-21-15-9-12-18-24-30(5)6/h28-30H,7-27H2,1-6H3,(H,40,41)(H,42,43)(H,44,45). The maximum absolute atomic E-state index is 12.7. The van der Waals surface area contributed by atoms with Crippen molar-refractivity contribution in [1.29, 1.82) is 0 Å². The molecule has 3 N–H and O–H groups in total. The molecule has 0 radical (unpaired) electrons. The van der Waals surface area contributed by atoms with E-state index in [1.807, 2.05) is 0 Å². The quantitative estimate of drug-likeness (QED) is 0.0834. The number of hydrogen-bond donors (Lipinski definition) is 3. The highest BCUT2D eigenvalue weighted by Gasteiger charge is 2.33. The van der Waals surface area contributed by atoms with Crippen LogP contribution in [0.2, 0.25) is 0 Å². The number of carboxylic acids is 3. The Balaban J connectivity index is 3.37. The average Bonchev–Trinajstić information content (AvgIpc) is 2.94. The van der Waals surface area contributed by atoms with Crippen LogP contribution in [0.25, 0.3) is 0 Å². The number of aromatic carboxylic acids is 3. The maximum Gasteiger partial charge on any atom is 0.337 e. The summed E-state index contributed by atoms with van der Waals surface area (Å²) < 4.78 is 0. The fourth-order valence-corrected chi connectivity index (χ4v) is 6.60. The molecule has 1 aromatic rings. The van der Waals surface area contributed by atoms with Gasteiger partial charge in [0.1, 0.15) is 0 Å². The molecule has 0 fully saturated rings. The van der Waals surface area contributed by atoms with Crippen LogP contribution in [0.5, 0.6) is 0 Å². The van der Waals surface area contributed by atoms with Gasteiger partial charge in [0, 0.05) is 0 Å². The summed E-state index contributed by atoms with van der Waals surface area (Å²) in [7, 11) is 0. The van der Waals surface area contributed by atoms with Gasteiger partial charge in [0.25, 0.3) is 0 Å². The molecule has 0 saturated heterocycles. The number of hydrogen-bond acceptors (Lipinski definition) is 3. The first-order valence-electron chi connectivity index (χ1n) is 18.3. The zero-order chi connectivity index (χ0) is 33.8. The van der Waals surface area contributed by atoms with Gasteiger partial charge < -0.3 is 15.3 Å². The van der Waals surface area contributed by atoms with Crippen LogP contribution < -0.4 is 0 Å². The first-order valence-corrected chi connectivity index (χ1v) is 18.3. The van der Waals surface area contributed by atoms with E-state index in [-0.39, 0.29) is 11.1 Å². The van der Waals surface area contributed by atoms with Crippen LogP contribution in [0.4, 0.5) is 0 Å². The van der Waals surface area contributed by atoms with Crippen LogP contribution in [0.3, 0.4) is 0 Å². The van der Waals surface area contributed by atoms with Crippen molar-refractivity contribution >= 4 is 17.9 Å². The molecule has 6 heteroatoms. The molecule has 45 heavy (non-hydrogen) atoms. The van der Waals surface area contributed by atoms with Crippen molar-refractivity contribution in [2.45, 2.75) is 176 Å². The van der Waals surface area contributed by atoms with E-state index in [0.717, 1.165) is 82.6 Å². The van der Waals surface area contributed by atoms with Gasteiger partial charge in [-0.3, -0.25) is 0 Å². The molecule has 0 aliphatic heterocycles. The molecule has 0 aromatic heterocycles. The van der Waals surface area contributed by atoms with Crippen LogP contribution in [0.15, 0.2) is 0 Å². The van der Waals surface area contributed by atoms with Crippen molar-refractivity contribution in [3.63, 3.8) is 0 Å². The van der Waals surface area contributed by atoms with E-state index >= 15 is 0 Å². The van der Waals surface area contributed by atoms with Crippen molar-refractivity contribution in [1.82, 2.24) is 0 Å². The normalized spacial score (nSPS) is 11.7. The highest BCUT2D eigenvalue weighted by molar-refractivity contribution is 6.11. The molecule has 0 aliphatic rings. The van der Waals surface area contributed by atoms with Crippen LogP contribution in [0, 0.1) is 17.8 Å². The Kier molecular flexibility index (Phi) is 20.8. The summed E-state index contributed by atoms with van der Waals surface area (Å²) >= 11 is 0. The third-order valence-electron chi connectivity index (χ3n) is 9.10. The summed E-state index contributed by atoms with van der Waals surface area (Å²) in [5, 5.41) is 30.9. The molecule has 0 spiro atoms. The minimum Gasteiger partial charge on any atom is -0.478 e. The van der Waals surface area contributed by atoms with Crippen molar-refractivity contribution in [3.05, 3.63) is 33.4 Å². The van der Waals surface area contributed by atoms with Gasteiger partial charge in [-0.2, -0.15) is 0 Å². The fourth-order valence-electron chi connectivity index (χ4n) is 6.60. The summed E-state index contributed by atoms with van der Waals surface area (Å²) in [6.07, 6.45) is 20.6. The van der Waals surface area contributed by atoms with Crippen molar-refractivity contribution in [2.24, 2.45) is 17.8 Å². The summed E-state index contributed by atoms with van der Waals surface area (Å²) in [5.74, 6) is -2.09. The Bertz CT molecular complexity index is 962. The summed E-state index contributed by atoms with van der Waals surface area (Å²) in [4.78, 5) is 37.9. The maximum atomic E-state index is 12.7. The van der Waals surface area contributed by atoms with E-state index in [2.05, 4.69) is 41.5 Å². The van der Waals surface area contributed by atoms with Crippen molar-refractivity contribution < 1.29 is 29.7 Å². The van der Waals surface area contributed by atoms with Gasteiger partial charge in [-0.15, -0.1) is 0 Å². The van der Waals surface area contributed by atoms with E-state index in [1.165, 1.54) is 38.5 Å². The molecular weight excluding hydrogens is 564 g/mol. The Morgan fingerprint density at radius 1 is 0.378 bits per heavy atom. The second-order valence-corrected chi connectivity index (χ2v) is 14.6. The molecular formula is C39H66O6. The second-order valence-electron chi connectivity index (χ2n) is 14.6. The van der Waals surface area contributed by atoms with E-state index in [0.29, 0.717) is 48.1 Å². The van der Waals surface area contributed by atoms with Gasteiger partial charge in [0.15, 0.2) is 0 Å². The molecule has 258 valence electrons. The van der Waals surface area contributed by atoms with E-state index in [1.54, 1.807) is 0 Å². The minimum atomic E-state index is -1.47. The summed E-state index contributed by atoms with van der Waals surface area (Å²) in [6, 6.07) is 0. The van der Waals surface area contributed by atoms with Gasteiger partial charge in [-0.25, -0.2) is 14.4 Å². The topological polar surface area (TPSA) is 112 Å². The van der Waals surface area contributed by atoms with E-state index < -0.39 is 23.5 Å². The molecule has 0 bridgehead atoms. The minimum absolute atomic E-state index is 0.302. The number of benzene rings is 1. The molecule has 6 nitrogen and oxygen atoms in total. The van der Waals surface area contributed by atoms with Gasteiger partial charge in [-0.1, -0.05) is 138 Å². The molecule has 1 rings (SSSR count). The lowest BCUT2D eigenvalue weighted by atomic mass is 9.80. The number of unbranched alkanes of at least 4 members (excludes halogenated alkanes) is 12. The second kappa shape index (κ2) is 23.0. The Morgan fingerprint density at radius 3 is 0.889 bits per heavy atom. The lowest BCUT2D eigenvalue weighted by Gasteiger charge is -2.23. The lowest BCUT2D eigenvalue weighted by molar-refractivity contribution is 0.0631. The molecule has 0 saturated carbocycles. The molecule has 0 aliphatic carbocycles. The highest BCUT2D eigenvalue weighted by atomic mass is 16.4. The zero-order valence-electron chi connectivity index (χ0n) is 29.6. The smallest absolute Gasteiger partial charge is 0.337 e. The van der Waals surface area contributed by atoms with Crippen LogP contribution >= 0.6 is 0 Å². The summed E-state index contributed by atoms with van der Waals surface area (Å²) in [6.45, 7) is 13.4. The first kappa shape index (κ1) is 40.7. The van der Waals surface area contributed by atoms with Gasteiger partial charge in [0.2, 0.25) is 0 Å². The predicted molar refractivity (Wildman–Crippen MR) is 186 cm³/mol. The first-order chi connectivity index (χ1) is 21.4. The van der Waals surface area contributed by atoms with Crippen molar-refractivity contribution in [2.75, 3.05) is 0 Å². The SMILES string of the molecule is CC(C)CCCCCCCc1c(CCCCCCCC(C)C)c(C(=O)O)c(C(=O)O)c(C(=O)O)c1CCCCCCCC(C)C. The molecule has 0 atom stereocenters. The zero-order valence-corrected chi connectivity index (χ0v) is 29.6. The molecule has 1 aromatic carbocycles. The van der Waals surface area contributed by atoms with Crippen LogP contribution in [0.1, 0.15) is 205 Å². The van der Waals surface area contributed by atoms with E-state index in [4.69, 9.17) is 0 Å². The fraction of sp³-hybridized carbons (Fsp3) is 0.769. The monoisotopic (exact) mass is 630 g/mol. The largest absolute Gasteiger partial charge is 0.478 e. The number of carbonyl (C=O) groups is 3. The molecule has 0 heterocycles. The Hall–Kier alpha value is -2.37. The Labute approximate surface area is 274 Å². The number of carboxylic acid groups (broad SMARTS) is 3. The average molecular weight is 631 g/mol. The van der Waals surface area contributed by atoms with Gasteiger partial charge in [0.05, 0.1) is 16.7 Å². The number of rotatable bonds is 27. The third-order valence-corrected chi connectivity index (χ3v) is 9.10. The van der Waals surface area contributed by atoms with Crippen molar-refractivity contribution in [3.8, 4) is 0 Å². The lowest BCUT2D eigenvalue weighted by Crippen LogP contribution is -2.23. The van der Waals surface area contributed by atoms with Gasteiger partial charge in [-0.05, 0) is 73.0 Å². The third kappa shape index (κ3) is 16.1.